The molecule has 0 saturated heterocycles. The second kappa shape index (κ2) is 11.3. The molecule has 0 aliphatic rings. The first-order chi connectivity index (χ1) is 14.4. The lowest BCUT2D eigenvalue weighted by Gasteiger charge is -2.07. The molecular weight excluding hydrogens is 348 g/mol. The normalized spacial score (nSPS) is 10.2. The van der Waals surface area contributed by atoms with Gasteiger partial charge >= 0.3 is 0 Å². The van der Waals surface area contributed by atoms with E-state index in [2.05, 4.69) is 91.5 Å². The molecule has 0 aliphatic heterocycles. The van der Waals surface area contributed by atoms with Gasteiger partial charge in [-0.25, -0.2) is 0 Å². The maximum absolute atomic E-state index is 3.79. The molecule has 0 spiro atoms. The highest BCUT2D eigenvalue weighted by Crippen LogP contribution is 2.23. The summed E-state index contributed by atoms with van der Waals surface area (Å²) in [5.74, 6) is 0. The molecule has 29 heavy (non-hydrogen) atoms. The Morgan fingerprint density at radius 1 is 0.517 bits per heavy atom. The van der Waals surface area contributed by atoms with Gasteiger partial charge in [0.05, 0.1) is 0 Å². The number of rotatable bonds is 5. The van der Waals surface area contributed by atoms with E-state index < -0.39 is 0 Å². The lowest BCUT2D eigenvalue weighted by atomic mass is 9.98. The van der Waals surface area contributed by atoms with Gasteiger partial charge in [-0.1, -0.05) is 133 Å². The van der Waals surface area contributed by atoms with Crippen LogP contribution < -0.4 is 0 Å². The van der Waals surface area contributed by atoms with Gasteiger partial charge in [0.25, 0.3) is 0 Å². The van der Waals surface area contributed by atoms with Crippen molar-refractivity contribution in [3.05, 3.63) is 145 Å². The van der Waals surface area contributed by atoms with Crippen LogP contribution in [0.5, 0.6) is 0 Å². The Balaban J connectivity index is 0.000000166. The van der Waals surface area contributed by atoms with Crippen LogP contribution in [0.4, 0.5) is 0 Å². The van der Waals surface area contributed by atoms with Gasteiger partial charge < -0.3 is 0 Å². The number of allylic oxidation sites excluding steroid dienone is 1. The minimum absolute atomic E-state index is 0.922. The van der Waals surface area contributed by atoms with Gasteiger partial charge in [-0.2, -0.15) is 0 Å². The molecule has 0 aromatic heterocycles. The highest BCUT2D eigenvalue weighted by molar-refractivity contribution is 5.69. The second-order valence-corrected chi connectivity index (χ2v) is 6.67. The fraction of sp³-hybridized carbons (Fsp3) is 0.0345. The van der Waals surface area contributed by atoms with Crippen molar-refractivity contribution in [2.75, 3.05) is 0 Å². The van der Waals surface area contributed by atoms with Crippen LogP contribution in [0.2, 0.25) is 0 Å². The maximum atomic E-state index is 3.79. The molecule has 0 bridgehead atoms. The van der Waals surface area contributed by atoms with E-state index >= 15 is 0 Å². The largest absolute Gasteiger partial charge is 0.103 e. The molecule has 4 aromatic carbocycles. The third-order valence-electron chi connectivity index (χ3n) is 4.53. The fourth-order valence-corrected chi connectivity index (χ4v) is 3.07. The van der Waals surface area contributed by atoms with Gasteiger partial charge in [-0.05, 0) is 34.2 Å². The molecule has 0 N–H and O–H groups in total. The predicted octanol–water partition coefficient (Wildman–Crippen LogP) is 7.94. The molecule has 0 atom stereocenters. The first-order valence-corrected chi connectivity index (χ1v) is 9.89. The summed E-state index contributed by atoms with van der Waals surface area (Å²) in [5, 5.41) is 0. The summed E-state index contributed by atoms with van der Waals surface area (Å²) in [5.41, 5.74) is 6.37. The van der Waals surface area contributed by atoms with E-state index in [-0.39, 0.29) is 0 Å². The molecule has 0 unspecified atom stereocenters. The Morgan fingerprint density at radius 3 is 1.48 bits per heavy atom. The molecule has 142 valence electrons. The molecule has 0 heteroatoms. The van der Waals surface area contributed by atoms with Crippen LogP contribution in [0, 0.1) is 0 Å². The number of hydrogen-bond donors (Lipinski definition) is 0. The Hall–Kier alpha value is -3.64. The van der Waals surface area contributed by atoms with Gasteiger partial charge in [0, 0.05) is 0 Å². The average molecular weight is 375 g/mol. The molecule has 4 rings (SSSR count). The maximum Gasteiger partial charge on any atom is -0.00940 e. The van der Waals surface area contributed by atoms with E-state index in [1.807, 2.05) is 48.5 Å². The third kappa shape index (κ3) is 6.48. The molecule has 0 aliphatic carbocycles. The molecule has 0 radical (unpaired) electrons. The van der Waals surface area contributed by atoms with Crippen molar-refractivity contribution in [2.24, 2.45) is 0 Å². The minimum Gasteiger partial charge on any atom is -0.103 e. The first-order valence-electron chi connectivity index (χ1n) is 9.89. The van der Waals surface area contributed by atoms with Crippen molar-refractivity contribution in [3.8, 4) is 11.1 Å². The van der Waals surface area contributed by atoms with E-state index in [1.54, 1.807) is 0 Å². The smallest absolute Gasteiger partial charge is 0.00940 e. The zero-order valence-electron chi connectivity index (χ0n) is 16.6. The predicted molar refractivity (Wildman–Crippen MR) is 128 cm³/mol. The lowest BCUT2D eigenvalue weighted by Crippen LogP contribution is -1.86. The summed E-state index contributed by atoms with van der Waals surface area (Å²) in [7, 11) is 0. The van der Waals surface area contributed by atoms with E-state index in [0.717, 1.165) is 6.42 Å². The van der Waals surface area contributed by atoms with Gasteiger partial charge in [0.2, 0.25) is 0 Å². The van der Waals surface area contributed by atoms with Gasteiger partial charge in [0.1, 0.15) is 0 Å². The number of hydrogen-bond acceptors (Lipinski definition) is 0. The van der Waals surface area contributed by atoms with E-state index in [0.29, 0.717) is 0 Å². The van der Waals surface area contributed by atoms with Crippen molar-refractivity contribution in [1.29, 1.82) is 0 Å². The SMILES string of the molecule is C(=Cc1ccccc1)c1ccccc1.C=CCc1ccccc1-c1ccccc1. The molecule has 0 saturated carbocycles. The Bertz CT molecular complexity index is 972. The molecule has 0 amide bonds. The lowest BCUT2D eigenvalue weighted by molar-refractivity contribution is 1.28. The monoisotopic (exact) mass is 374 g/mol. The summed E-state index contributed by atoms with van der Waals surface area (Å²) in [6.07, 6.45) is 7.11. The van der Waals surface area contributed by atoms with Crippen molar-refractivity contribution < 1.29 is 0 Å². The minimum atomic E-state index is 0.922. The summed E-state index contributed by atoms with van der Waals surface area (Å²) in [6, 6.07) is 39.6. The van der Waals surface area contributed by atoms with Gasteiger partial charge in [-0.15, -0.1) is 6.58 Å². The van der Waals surface area contributed by atoms with E-state index in [1.165, 1.54) is 27.8 Å². The fourth-order valence-electron chi connectivity index (χ4n) is 3.07. The van der Waals surface area contributed by atoms with Crippen LogP contribution in [0.15, 0.2) is 128 Å². The van der Waals surface area contributed by atoms with E-state index in [9.17, 15) is 0 Å². The zero-order chi connectivity index (χ0) is 20.2. The quantitative estimate of drug-likeness (QED) is 0.246. The van der Waals surface area contributed by atoms with Crippen molar-refractivity contribution in [3.63, 3.8) is 0 Å². The Morgan fingerprint density at radius 2 is 0.966 bits per heavy atom. The molecular formula is C29H26. The summed E-state index contributed by atoms with van der Waals surface area (Å²) >= 11 is 0. The molecule has 0 heterocycles. The van der Waals surface area contributed by atoms with Crippen molar-refractivity contribution in [2.45, 2.75) is 6.42 Å². The summed E-state index contributed by atoms with van der Waals surface area (Å²) in [4.78, 5) is 0. The van der Waals surface area contributed by atoms with Crippen LogP contribution in [0.1, 0.15) is 16.7 Å². The van der Waals surface area contributed by atoms with Gasteiger partial charge in [0.15, 0.2) is 0 Å². The topological polar surface area (TPSA) is 0 Å². The zero-order valence-corrected chi connectivity index (χ0v) is 16.6. The van der Waals surface area contributed by atoms with Crippen LogP contribution in [0.25, 0.3) is 23.3 Å². The molecule has 0 nitrogen and oxygen atoms in total. The average Bonchev–Trinajstić information content (AvgIpc) is 2.81. The van der Waals surface area contributed by atoms with Gasteiger partial charge in [-0.3, -0.25) is 0 Å². The first kappa shape index (κ1) is 20.1. The highest BCUT2D eigenvalue weighted by Gasteiger charge is 2.01. The standard InChI is InChI=1S/C15H14.C14H12/c1-2-8-13-11-6-7-12-15(13)14-9-4-3-5-10-14;1-3-7-13(8-4-1)11-12-14-9-5-2-6-10-14/h2-7,9-12H,1,8H2;1-12H. The summed E-state index contributed by atoms with van der Waals surface area (Å²) in [6.45, 7) is 3.79. The third-order valence-corrected chi connectivity index (χ3v) is 4.53. The van der Waals surface area contributed by atoms with Crippen LogP contribution in [0.3, 0.4) is 0 Å². The van der Waals surface area contributed by atoms with Crippen LogP contribution >= 0.6 is 0 Å². The molecule has 0 fully saturated rings. The summed E-state index contributed by atoms with van der Waals surface area (Å²) < 4.78 is 0. The number of benzene rings is 4. The van der Waals surface area contributed by atoms with Crippen LogP contribution in [-0.2, 0) is 6.42 Å². The second-order valence-electron chi connectivity index (χ2n) is 6.67. The van der Waals surface area contributed by atoms with E-state index in [4.69, 9.17) is 0 Å². The highest BCUT2D eigenvalue weighted by atomic mass is 14.1. The molecule has 4 aromatic rings. The Labute approximate surface area is 174 Å². The van der Waals surface area contributed by atoms with Crippen molar-refractivity contribution in [1.82, 2.24) is 0 Å². The van der Waals surface area contributed by atoms with Crippen molar-refractivity contribution >= 4 is 12.2 Å². The van der Waals surface area contributed by atoms with Crippen LogP contribution in [-0.4, -0.2) is 0 Å². The Kier molecular flexibility index (Phi) is 7.81.